The van der Waals surface area contributed by atoms with E-state index in [0.717, 1.165) is 0 Å². The van der Waals surface area contributed by atoms with Crippen LogP contribution in [0.15, 0.2) is 29.6 Å². The lowest BCUT2D eigenvalue weighted by Gasteiger charge is -2.21. The second kappa shape index (κ2) is 15.6. The van der Waals surface area contributed by atoms with Crippen molar-refractivity contribution in [2.24, 2.45) is 11.3 Å². The molecule has 182 valence electrons. The average molecular weight is 484 g/mol. The quantitative estimate of drug-likeness (QED) is 0.128. The molecule has 0 aliphatic carbocycles. The Labute approximate surface area is 197 Å². The summed E-state index contributed by atoms with van der Waals surface area (Å²) in [6.07, 6.45) is 1.36. The molecule has 0 saturated heterocycles. The number of carbonyl (C=O) groups is 4. The smallest absolute Gasteiger partial charge is 0.243 e. The zero-order valence-corrected chi connectivity index (χ0v) is 19.4. The number of benzene rings is 1. The molecule has 0 radical (unpaired) electrons. The van der Waals surface area contributed by atoms with Crippen molar-refractivity contribution in [2.75, 3.05) is 24.3 Å². The molecule has 0 aliphatic heterocycles. The molecule has 1 atom stereocenters. The van der Waals surface area contributed by atoms with Gasteiger partial charge >= 0.3 is 0 Å². The van der Waals surface area contributed by atoms with Crippen LogP contribution in [-0.4, -0.2) is 48.6 Å². The van der Waals surface area contributed by atoms with Crippen molar-refractivity contribution >= 4 is 40.9 Å². The van der Waals surface area contributed by atoms with Crippen LogP contribution in [0.5, 0.6) is 0 Å². The Morgan fingerprint density at radius 2 is 1.70 bits per heavy atom. The predicted octanol–water partition coefficient (Wildman–Crippen LogP) is 1.61. The van der Waals surface area contributed by atoms with Crippen molar-refractivity contribution in [1.82, 2.24) is 16.0 Å². The molecule has 0 heterocycles. The zero-order valence-electron chi connectivity index (χ0n) is 18.7. The third-order valence-electron chi connectivity index (χ3n) is 4.48. The summed E-state index contributed by atoms with van der Waals surface area (Å²) >= 11 is 5.38. The second-order valence-corrected chi connectivity index (χ2v) is 7.81. The molecule has 4 N–H and O–H groups in total. The second-order valence-electron chi connectivity index (χ2n) is 7.54. The third-order valence-corrected chi connectivity index (χ3v) is 4.73. The van der Waals surface area contributed by atoms with Crippen LogP contribution in [0.3, 0.4) is 0 Å². The first-order valence-corrected chi connectivity index (χ1v) is 11.0. The third kappa shape index (κ3) is 11.8. The van der Waals surface area contributed by atoms with E-state index < -0.39 is 17.9 Å². The maximum atomic E-state index is 12.5. The highest BCUT2D eigenvalue weighted by atomic mass is 35.5. The molecular weight excluding hydrogens is 454 g/mol. The van der Waals surface area contributed by atoms with E-state index in [1.165, 1.54) is 0 Å². The fourth-order valence-corrected chi connectivity index (χ4v) is 2.83. The van der Waals surface area contributed by atoms with Gasteiger partial charge in [-0.1, -0.05) is 26.0 Å². The van der Waals surface area contributed by atoms with Gasteiger partial charge in [0.05, 0.1) is 6.54 Å². The van der Waals surface area contributed by atoms with Crippen LogP contribution < -0.4 is 21.3 Å². The minimum Gasteiger partial charge on any atom is -0.359 e. The van der Waals surface area contributed by atoms with E-state index in [4.69, 9.17) is 11.6 Å². The predicted molar refractivity (Wildman–Crippen MR) is 123 cm³/mol. The van der Waals surface area contributed by atoms with Gasteiger partial charge in [-0.25, -0.2) is 0 Å². The van der Waals surface area contributed by atoms with Gasteiger partial charge in [-0.2, -0.15) is 0 Å². The molecular formula is C21H30ClN5O6. The van der Waals surface area contributed by atoms with Crippen LogP contribution >= 0.6 is 11.6 Å². The number of hydrogen-bond donors (Lipinski definition) is 4. The summed E-state index contributed by atoms with van der Waals surface area (Å²) < 4.78 is 0. The molecule has 1 unspecified atom stereocenters. The summed E-state index contributed by atoms with van der Waals surface area (Å²) in [6.45, 7) is 3.77. The van der Waals surface area contributed by atoms with E-state index in [-0.39, 0.29) is 43.2 Å². The lowest BCUT2D eigenvalue weighted by molar-refractivity contribution is -0.130. The van der Waals surface area contributed by atoms with Crippen LogP contribution in [0.2, 0.25) is 0 Å². The number of anilines is 1. The van der Waals surface area contributed by atoms with Crippen molar-refractivity contribution in [3.63, 3.8) is 0 Å². The highest BCUT2D eigenvalue weighted by molar-refractivity contribution is 6.27. The molecule has 12 heteroatoms. The Kier molecular flexibility index (Phi) is 13.1. The lowest BCUT2D eigenvalue weighted by atomic mass is 10.0. The summed E-state index contributed by atoms with van der Waals surface area (Å²) in [5, 5.41) is 12.8. The van der Waals surface area contributed by atoms with Crippen molar-refractivity contribution < 1.29 is 24.0 Å². The number of unbranched alkanes of at least 4 members (excludes halogenated alkanes) is 1. The minimum atomic E-state index is -0.785. The molecule has 0 spiro atoms. The highest BCUT2D eigenvalue weighted by Crippen LogP contribution is 2.10. The van der Waals surface area contributed by atoms with Crippen LogP contribution in [-0.2, 0) is 30.6 Å². The first kappa shape index (κ1) is 27.8. The monoisotopic (exact) mass is 483 g/mol. The van der Waals surface area contributed by atoms with Crippen LogP contribution in [0.25, 0.3) is 0 Å². The maximum absolute atomic E-state index is 12.5. The molecule has 1 aromatic rings. The fraction of sp³-hybridized carbons (Fsp3) is 0.524. The van der Waals surface area contributed by atoms with Gasteiger partial charge in [0, 0.05) is 18.7 Å². The summed E-state index contributed by atoms with van der Waals surface area (Å²) in [7, 11) is 0. The average Bonchev–Trinajstić information content (AvgIpc) is 2.79. The number of halogens is 1. The first-order valence-electron chi connectivity index (χ1n) is 10.5. The van der Waals surface area contributed by atoms with Gasteiger partial charge in [0.1, 0.15) is 18.5 Å². The standard InChI is InChI=1S/C21H30ClN5O6/c1-14(2)20(26-17(28)5-3-4-10-23-18(29)11-22)21(31)24-12-19(30)25-16-8-6-15(7-9-16)13-33-27-32/h6-9,14,20H,3-5,10-13H2,1-2H3,(H,23,29)(H,24,31)(H,25,30)(H,26,28). The normalized spacial score (nSPS) is 11.3. The van der Waals surface area contributed by atoms with E-state index in [9.17, 15) is 24.1 Å². The van der Waals surface area contributed by atoms with Gasteiger partial charge in [-0.15, -0.1) is 16.5 Å². The Morgan fingerprint density at radius 3 is 2.30 bits per heavy atom. The van der Waals surface area contributed by atoms with Crippen molar-refractivity contribution in [1.29, 1.82) is 0 Å². The summed E-state index contributed by atoms with van der Waals surface area (Å²) in [6, 6.07) is 5.79. The number of amides is 4. The molecule has 4 amide bonds. The number of hydrogen-bond acceptors (Lipinski definition) is 7. The number of rotatable bonds is 15. The van der Waals surface area contributed by atoms with Crippen LogP contribution in [0, 0.1) is 10.8 Å². The molecule has 0 bridgehead atoms. The Balaban J connectivity index is 2.40. The topological polar surface area (TPSA) is 155 Å². The zero-order chi connectivity index (χ0) is 24.6. The SMILES string of the molecule is CC(C)C(NC(=O)CCCCNC(=O)CCl)C(=O)NCC(=O)Nc1ccc(CON=O)cc1. The molecule has 1 rings (SSSR count). The summed E-state index contributed by atoms with van der Waals surface area (Å²) in [4.78, 5) is 62.2. The van der Waals surface area contributed by atoms with Crippen molar-refractivity contribution in [2.45, 2.75) is 45.8 Å². The molecule has 11 nitrogen and oxygen atoms in total. The first-order chi connectivity index (χ1) is 15.8. The van der Waals surface area contributed by atoms with Gasteiger partial charge in [0.25, 0.3) is 0 Å². The Bertz CT molecular complexity index is 803. The highest BCUT2D eigenvalue weighted by Gasteiger charge is 2.24. The largest absolute Gasteiger partial charge is 0.359 e. The number of nitrogens with zero attached hydrogens (tertiary/aromatic N) is 1. The fourth-order valence-electron chi connectivity index (χ4n) is 2.73. The molecule has 0 aromatic heterocycles. The molecule has 0 aliphatic rings. The van der Waals surface area contributed by atoms with E-state index in [0.29, 0.717) is 30.6 Å². The Hall–Kier alpha value is -3.21. The van der Waals surface area contributed by atoms with E-state index in [1.807, 2.05) is 0 Å². The van der Waals surface area contributed by atoms with E-state index in [1.54, 1.807) is 38.1 Å². The van der Waals surface area contributed by atoms with E-state index in [2.05, 4.69) is 31.4 Å². The van der Waals surface area contributed by atoms with E-state index >= 15 is 0 Å². The number of carbonyl (C=O) groups excluding carboxylic acids is 4. The van der Waals surface area contributed by atoms with Gasteiger partial charge in [0.2, 0.25) is 23.6 Å². The number of nitrogens with one attached hydrogen (secondary N) is 4. The summed E-state index contributed by atoms with van der Waals surface area (Å²) in [5.74, 6) is -1.74. The van der Waals surface area contributed by atoms with Crippen LogP contribution in [0.1, 0.15) is 38.7 Å². The minimum absolute atomic E-state index is 0.0285. The van der Waals surface area contributed by atoms with Crippen molar-refractivity contribution in [3.8, 4) is 0 Å². The number of alkyl halides is 1. The molecule has 0 saturated carbocycles. The molecule has 1 aromatic carbocycles. The van der Waals surface area contributed by atoms with Gasteiger partial charge < -0.3 is 26.1 Å². The molecule has 0 fully saturated rings. The van der Waals surface area contributed by atoms with Crippen molar-refractivity contribution in [3.05, 3.63) is 34.7 Å². The van der Waals surface area contributed by atoms with Gasteiger partial charge in [-0.05, 0) is 36.5 Å². The Morgan fingerprint density at radius 1 is 1.00 bits per heavy atom. The molecule has 33 heavy (non-hydrogen) atoms. The van der Waals surface area contributed by atoms with Gasteiger partial charge in [-0.3, -0.25) is 19.2 Å². The van der Waals surface area contributed by atoms with Crippen LogP contribution in [0.4, 0.5) is 5.69 Å². The van der Waals surface area contributed by atoms with Gasteiger partial charge in [0.15, 0.2) is 5.34 Å². The maximum Gasteiger partial charge on any atom is 0.243 e. The summed E-state index contributed by atoms with van der Waals surface area (Å²) in [5.41, 5.74) is 1.21. The lowest BCUT2D eigenvalue weighted by Crippen LogP contribution is -2.51.